The molecular weight excluding hydrogens is 383 g/mol. The fourth-order valence-corrected chi connectivity index (χ4v) is 3.09. The topological polar surface area (TPSA) is 123 Å². The summed E-state index contributed by atoms with van der Waals surface area (Å²) in [7, 11) is 0.910. The Hall–Kier alpha value is -1.54. The van der Waals surface area contributed by atoms with Crippen molar-refractivity contribution in [3.63, 3.8) is 0 Å². The number of nitrogens with one attached hydrogen (secondary N) is 1. The highest BCUT2D eigenvalue weighted by molar-refractivity contribution is 7.80. The Kier molecular flexibility index (Phi) is 6.07. The van der Waals surface area contributed by atoms with Gasteiger partial charge in [0.2, 0.25) is 5.91 Å². The molecule has 2 saturated heterocycles. The summed E-state index contributed by atoms with van der Waals surface area (Å²) in [5.41, 5.74) is 0. The van der Waals surface area contributed by atoms with Crippen LogP contribution in [0.4, 0.5) is 13.2 Å². The van der Waals surface area contributed by atoms with E-state index in [0.717, 1.165) is 7.05 Å². The minimum absolute atomic E-state index is 0.147. The van der Waals surface area contributed by atoms with E-state index in [0.29, 0.717) is 4.90 Å². The van der Waals surface area contributed by atoms with Crippen LogP contribution in [0.3, 0.4) is 0 Å². The molecule has 2 aliphatic heterocycles. The molecule has 0 aromatic rings. The van der Waals surface area contributed by atoms with Crippen molar-refractivity contribution in [3.05, 3.63) is 0 Å². The lowest BCUT2D eigenvalue weighted by molar-refractivity contribution is -0.184. The fraction of sp³-hybridized carbons (Fsp3) is 0.769. The van der Waals surface area contributed by atoms with Crippen molar-refractivity contribution in [2.24, 2.45) is 5.92 Å². The number of halogens is 3. The standard InChI is InChI=1S/C13H18F3N3O6S/c1-18(11(24)13(14,15)16)2-5-3-19(12(26)17-9(5)23)10-8(22)7(21)6(4-20)25-10/h5-8,10,20-22H,2-4H2,1H3,(H,17,23,26)/t5?,6-,7-,8-,10-/m1/s1. The van der Waals surface area contributed by atoms with Gasteiger partial charge in [0.1, 0.15) is 18.3 Å². The minimum Gasteiger partial charge on any atom is -0.394 e. The molecule has 2 rings (SSSR count). The Morgan fingerprint density at radius 2 is 2.04 bits per heavy atom. The van der Waals surface area contributed by atoms with E-state index in [2.05, 4.69) is 5.32 Å². The van der Waals surface area contributed by atoms with Crippen molar-refractivity contribution in [2.45, 2.75) is 30.7 Å². The number of carbonyl (C=O) groups excluding carboxylic acids is 2. The van der Waals surface area contributed by atoms with E-state index in [9.17, 15) is 33.0 Å². The number of hydrogen-bond donors (Lipinski definition) is 4. The molecular formula is C13H18F3N3O6S. The van der Waals surface area contributed by atoms with Gasteiger partial charge in [-0.25, -0.2) is 0 Å². The van der Waals surface area contributed by atoms with E-state index in [4.69, 9.17) is 22.1 Å². The summed E-state index contributed by atoms with van der Waals surface area (Å²) in [6.45, 7) is -1.36. The van der Waals surface area contributed by atoms with Gasteiger partial charge in [-0.15, -0.1) is 0 Å². The molecule has 4 N–H and O–H groups in total. The van der Waals surface area contributed by atoms with Crippen molar-refractivity contribution in [1.29, 1.82) is 0 Å². The Morgan fingerprint density at radius 3 is 2.54 bits per heavy atom. The molecule has 1 unspecified atom stereocenters. The van der Waals surface area contributed by atoms with Crippen LogP contribution in [0.1, 0.15) is 0 Å². The SMILES string of the molecule is CN(CC1CN([C@@H]2O[C@H](CO)[C@@H](O)[C@H]2O)C(=S)NC1=O)C(=O)C(F)(F)F. The van der Waals surface area contributed by atoms with Gasteiger partial charge in [0.25, 0.3) is 0 Å². The third-order valence-electron chi connectivity index (χ3n) is 4.19. The number of aliphatic hydroxyl groups is 3. The normalized spacial score (nSPS) is 32.6. The molecule has 0 aliphatic carbocycles. The lowest BCUT2D eigenvalue weighted by Crippen LogP contribution is -2.61. The molecule has 13 heteroatoms. The second-order valence-electron chi connectivity index (χ2n) is 6.06. The van der Waals surface area contributed by atoms with Crippen molar-refractivity contribution in [2.75, 3.05) is 26.7 Å². The summed E-state index contributed by atoms with van der Waals surface area (Å²) in [6, 6.07) is 0. The van der Waals surface area contributed by atoms with E-state index in [1.165, 1.54) is 4.90 Å². The molecule has 0 spiro atoms. The smallest absolute Gasteiger partial charge is 0.394 e. The second kappa shape index (κ2) is 7.60. The van der Waals surface area contributed by atoms with Crippen molar-refractivity contribution in [1.82, 2.24) is 15.1 Å². The predicted octanol–water partition coefficient (Wildman–Crippen LogP) is -2.22. The van der Waals surface area contributed by atoms with Crippen LogP contribution in [0.5, 0.6) is 0 Å². The van der Waals surface area contributed by atoms with Gasteiger partial charge in [0.15, 0.2) is 11.3 Å². The summed E-state index contributed by atoms with van der Waals surface area (Å²) < 4.78 is 42.8. The Balaban J connectivity index is 2.10. The first-order chi connectivity index (χ1) is 12.0. The number of aliphatic hydroxyl groups excluding tert-OH is 3. The van der Waals surface area contributed by atoms with Crippen LogP contribution < -0.4 is 5.32 Å². The summed E-state index contributed by atoms with van der Waals surface area (Å²) in [5, 5.41) is 31.1. The first kappa shape index (κ1) is 20.8. The summed E-state index contributed by atoms with van der Waals surface area (Å²) >= 11 is 4.98. The van der Waals surface area contributed by atoms with Crippen LogP contribution in [0.25, 0.3) is 0 Å². The highest BCUT2D eigenvalue weighted by Crippen LogP contribution is 2.27. The third-order valence-corrected chi connectivity index (χ3v) is 4.52. The number of amides is 2. The van der Waals surface area contributed by atoms with Crippen LogP contribution in [-0.4, -0.2) is 99.5 Å². The molecule has 2 amide bonds. The highest BCUT2D eigenvalue weighted by atomic mass is 32.1. The highest BCUT2D eigenvalue weighted by Gasteiger charge is 2.49. The number of hydrogen-bond acceptors (Lipinski definition) is 7. The molecule has 0 aromatic heterocycles. The van der Waals surface area contributed by atoms with Gasteiger partial charge < -0.3 is 35.2 Å². The maximum Gasteiger partial charge on any atom is 0.471 e. The second-order valence-corrected chi connectivity index (χ2v) is 6.44. The van der Waals surface area contributed by atoms with Crippen molar-refractivity contribution >= 4 is 29.1 Å². The van der Waals surface area contributed by atoms with Gasteiger partial charge in [-0.2, -0.15) is 13.2 Å². The van der Waals surface area contributed by atoms with E-state index in [1.807, 2.05) is 0 Å². The largest absolute Gasteiger partial charge is 0.471 e. The monoisotopic (exact) mass is 401 g/mol. The molecule has 9 nitrogen and oxygen atoms in total. The number of ether oxygens (including phenoxy) is 1. The lowest BCUT2D eigenvalue weighted by atomic mass is 10.0. The molecule has 0 bridgehead atoms. The molecule has 0 radical (unpaired) electrons. The van der Waals surface area contributed by atoms with Crippen LogP contribution >= 0.6 is 12.2 Å². The third kappa shape index (κ3) is 4.06. The summed E-state index contributed by atoms with van der Waals surface area (Å²) in [5.74, 6) is -3.86. The minimum atomic E-state index is -5.07. The fourth-order valence-electron chi connectivity index (χ4n) is 2.81. The van der Waals surface area contributed by atoms with E-state index in [-0.39, 0.29) is 11.7 Å². The van der Waals surface area contributed by atoms with E-state index in [1.54, 1.807) is 0 Å². The number of carbonyl (C=O) groups is 2. The lowest BCUT2D eigenvalue weighted by Gasteiger charge is -2.39. The first-order valence-electron chi connectivity index (χ1n) is 7.53. The molecule has 26 heavy (non-hydrogen) atoms. The van der Waals surface area contributed by atoms with Crippen LogP contribution in [0.2, 0.25) is 0 Å². The van der Waals surface area contributed by atoms with Gasteiger partial charge in [-0.05, 0) is 12.2 Å². The summed E-state index contributed by atoms with van der Waals surface area (Å²) in [4.78, 5) is 24.8. The van der Waals surface area contributed by atoms with Crippen molar-refractivity contribution in [3.8, 4) is 0 Å². The molecule has 0 saturated carbocycles. The Morgan fingerprint density at radius 1 is 1.42 bits per heavy atom. The Labute approximate surface area is 151 Å². The number of alkyl halides is 3. The molecule has 2 aliphatic rings. The zero-order valence-corrected chi connectivity index (χ0v) is 14.3. The van der Waals surface area contributed by atoms with Gasteiger partial charge >= 0.3 is 12.1 Å². The zero-order chi connectivity index (χ0) is 19.8. The Bertz CT molecular complexity index is 592. The van der Waals surface area contributed by atoms with Gasteiger partial charge in [0, 0.05) is 20.1 Å². The van der Waals surface area contributed by atoms with Gasteiger partial charge in [-0.3, -0.25) is 9.59 Å². The molecule has 5 atom stereocenters. The average Bonchev–Trinajstić information content (AvgIpc) is 2.83. The zero-order valence-electron chi connectivity index (χ0n) is 13.5. The maximum atomic E-state index is 12.5. The van der Waals surface area contributed by atoms with Gasteiger partial charge in [-0.1, -0.05) is 0 Å². The molecule has 2 heterocycles. The number of nitrogens with zero attached hydrogens (tertiary/aromatic N) is 2. The number of thiocarbonyl (C=S) groups is 1. The van der Waals surface area contributed by atoms with E-state index < -0.39 is 61.6 Å². The molecule has 2 fully saturated rings. The predicted molar refractivity (Wildman–Crippen MR) is 82.4 cm³/mol. The maximum absolute atomic E-state index is 12.5. The van der Waals surface area contributed by atoms with Crippen molar-refractivity contribution < 1.29 is 42.8 Å². The molecule has 148 valence electrons. The number of rotatable bonds is 4. The van der Waals surface area contributed by atoms with E-state index >= 15 is 0 Å². The quantitative estimate of drug-likeness (QED) is 0.391. The summed E-state index contributed by atoms with van der Waals surface area (Å²) in [6.07, 6.45) is -10.2. The first-order valence-corrected chi connectivity index (χ1v) is 7.94. The van der Waals surface area contributed by atoms with Crippen LogP contribution in [-0.2, 0) is 14.3 Å². The van der Waals surface area contributed by atoms with Crippen LogP contribution in [0, 0.1) is 5.92 Å². The average molecular weight is 401 g/mol. The van der Waals surface area contributed by atoms with Crippen LogP contribution in [0.15, 0.2) is 0 Å². The molecule has 0 aromatic carbocycles. The van der Waals surface area contributed by atoms with Gasteiger partial charge in [0.05, 0.1) is 12.5 Å².